The third kappa shape index (κ3) is 6.96. The van der Waals surface area contributed by atoms with Crippen molar-refractivity contribution in [3.05, 3.63) is 53.6 Å². The first kappa shape index (κ1) is 24.6. The van der Waals surface area contributed by atoms with E-state index in [1.54, 1.807) is 25.3 Å². The Balaban J connectivity index is 1.58. The zero-order valence-corrected chi connectivity index (χ0v) is 19.7. The molecule has 0 radical (unpaired) electrons. The number of amides is 1. The van der Waals surface area contributed by atoms with Crippen LogP contribution in [-0.4, -0.2) is 56.7 Å². The Morgan fingerprint density at radius 2 is 1.85 bits per heavy atom. The molecular formula is C26H33NO6. The highest BCUT2D eigenvalue weighted by molar-refractivity contribution is 5.94. The summed E-state index contributed by atoms with van der Waals surface area (Å²) >= 11 is 0. The van der Waals surface area contributed by atoms with Gasteiger partial charge in [-0.3, -0.25) is 9.59 Å². The molecule has 3 rings (SSSR count). The van der Waals surface area contributed by atoms with Crippen LogP contribution >= 0.6 is 0 Å². The highest BCUT2D eigenvalue weighted by Gasteiger charge is 2.23. The van der Waals surface area contributed by atoms with Crippen LogP contribution in [-0.2, 0) is 16.1 Å². The van der Waals surface area contributed by atoms with Crippen LogP contribution in [0, 0.1) is 0 Å². The fourth-order valence-corrected chi connectivity index (χ4v) is 3.90. The van der Waals surface area contributed by atoms with Gasteiger partial charge in [-0.1, -0.05) is 18.2 Å². The van der Waals surface area contributed by atoms with Gasteiger partial charge in [-0.15, -0.1) is 0 Å². The molecule has 1 aliphatic heterocycles. The molecule has 1 amide bonds. The van der Waals surface area contributed by atoms with Gasteiger partial charge < -0.3 is 23.8 Å². The number of carbonyl (C=O) groups excluding carboxylic acids is 2. The average Bonchev–Trinajstić information content (AvgIpc) is 3.34. The van der Waals surface area contributed by atoms with E-state index in [1.807, 2.05) is 29.2 Å². The largest absolute Gasteiger partial charge is 0.496 e. The monoisotopic (exact) mass is 455 g/mol. The average molecular weight is 456 g/mol. The van der Waals surface area contributed by atoms with E-state index in [0.29, 0.717) is 49.6 Å². The van der Waals surface area contributed by atoms with Crippen molar-refractivity contribution in [2.24, 2.45) is 0 Å². The lowest BCUT2D eigenvalue weighted by molar-refractivity contribution is -0.133. The van der Waals surface area contributed by atoms with Crippen LogP contribution in [0.25, 0.3) is 0 Å². The number of ketones is 1. The standard InChI is InChI=1S/C26H33NO6/c1-19(28)20-12-13-24(25(16-20)31-3)33-15-7-11-26(29)27(18-22-9-6-14-32-22)17-21-8-4-5-10-23(21)30-2/h4-5,8,10,12-13,16,22H,6-7,9,11,14-15,17-18H2,1-3H3/t22-/m1/s1. The molecule has 0 saturated carbocycles. The van der Waals surface area contributed by atoms with Crippen molar-refractivity contribution in [1.82, 2.24) is 4.90 Å². The fourth-order valence-electron chi connectivity index (χ4n) is 3.90. The molecule has 7 nitrogen and oxygen atoms in total. The molecule has 2 aromatic carbocycles. The maximum atomic E-state index is 13.1. The second-order valence-electron chi connectivity index (χ2n) is 8.09. The Hall–Kier alpha value is -3.06. The summed E-state index contributed by atoms with van der Waals surface area (Å²) in [4.78, 5) is 26.5. The molecule has 0 bridgehead atoms. The highest BCUT2D eigenvalue weighted by atomic mass is 16.5. The number of hydrogen-bond acceptors (Lipinski definition) is 6. The molecular weight excluding hydrogens is 422 g/mol. The minimum Gasteiger partial charge on any atom is -0.496 e. The Morgan fingerprint density at radius 3 is 2.55 bits per heavy atom. The number of rotatable bonds is 12. The summed E-state index contributed by atoms with van der Waals surface area (Å²) in [6.45, 7) is 3.67. The zero-order valence-electron chi connectivity index (χ0n) is 19.7. The molecule has 1 fully saturated rings. The summed E-state index contributed by atoms with van der Waals surface area (Å²) in [6.07, 6.45) is 2.98. The van der Waals surface area contributed by atoms with Crippen LogP contribution in [0.1, 0.15) is 48.5 Å². The summed E-state index contributed by atoms with van der Waals surface area (Å²) in [5, 5.41) is 0. The Morgan fingerprint density at radius 1 is 1.06 bits per heavy atom. The predicted octanol–water partition coefficient (Wildman–Crippen LogP) is 4.27. The van der Waals surface area contributed by atoms with Crippen LogP contribution in [0.5, 0.6) is 17.2 Å². The summed E-state index contributed by atoms with van der Waals surface area (Å²) in [6, 6.07) is 12.9. The van der Waals surface area contributed by atoms with Crippen molar-refractivity contribution in [1.29, 1.82) is 0 Å². The van der Waals surface area contributed by atoms with Crippen molar-refractivity contribution in [2.75, 3.05) is 34.0 Å². The summed E-state index contributed by atoms with van der Waals surface area (Å²) < 4.78 is 22.4. The van der Waals surface area contributed by atoms with Gasteiger partial charge in [0.05, 0.1) is 26.9 Å². The molecule has 7 heteroatoms. The lowest BCUT2D eigenvalue weighted by atomic mass is 10.1. The minimum absolute atomic E-state index is 0.0353. The Labute approximate surface area is 195 Å². The van der Waals surface area contributed by atoms with Gasteiger partial charge in [-0.25, -0.2) is 0 Å². The lowest BCUT2D eigenvalue weighted by Crippen LogP contribution is -2.37. The van der Waals surface area contributed by atoms with Crippen molar-refractivity contribution in [3.63, 3.8) is 0 Å². The zero-order chi connectivity index (χ0) is 23.6. The first-order valence-corrected chi connectivity index (χ1v) is 11.3. The van der Waals surface area contributed by atoms with Gasteiger partial charge in [-0.2, -0.15) is 0 Å². The summed E-state index contributed by atoms with van der Waals surface area (Å²) in [7, 11) is 3.18. The Kier molecular flexibility index (Phi) is 9.13. The highest BCUT2D eigenvalue weighted by Crippen LogP contribution is 2.28. The van der Waals surface area contributed by atoms with E-state index in [1.165, 1.54) is 14.0 Å². The van der Waals surface area contributed by atoms with Gasteiger partial charge in [0.2, 0.25) is 5.91 Å². The number of benzene rings is 2. The van der Waals surface area contributed by atoms with E-state index in [0.717, 1.165) is 30.8 Å². The number of hydrogen-bond donors (Lipinski definition) is 0. The number of Topliss-reactive ketones (excluding diaryl/α,β-unsaturated/α-hetero) is 1. The molecule has 1 aliphatic rings. The van der Waals surface area contributed by atoms with Gasteiger partial charge >= 0.3 is 0 Å². The summed E-state index contributed by atoms with van der Waals surface area (Å²) in [5.74, 6) is 1.85. The minimum atomic E-state index is -0.0353. The lowest BCUT2D eigenvalue weighted by Gasteiger charge is -2.26. The molecule has 0 aliphatic carbocycles. The second kappa shape index (κ2) is 12.3. The third-order valence-electron chi connectivity index (χ3n) is 5.72. The third-order valence-corrected chi connectivity index (χ3v) is 5.72. The van der Waals surface area contributed by atoms with E-state index < -0.39 is 0 Å². The molecule has 2 aromatic rings. The number of para-hydroxylation sites is 1. The predicted molar refractivity (Wildman–Crippen MR) is 125 cm³/mol. The van der Waals surface area contributed by atoms with Crippen LogP contribution < -0.4 is 14.2 Å². The molecule has 0 aromatic heterocycles. The molecule has 1 atom stereocenters. The van der Waals surface area contributed by atoms with Crippen molar-refractivity contribution < 1.29 is 28.5 Å². The van der Waals surface area contributed by atoms with Crippen LogP contribution in [0.3, 0.4) is 0 Å². The van der Waals surface area contributed by atoms with Gasteiger partial charge in [0, 0.05) is 37.2 Å². The van der Waals surface area contributed by atoms with E-state index >= 15 is 0 Å². The van der Waals surface area contributed by atoms with Crippen molar-refractivity contribution >= 4 is 11.7 Å². The van der Waals surface area contributed by atoms with Gasteiger partial charge in [0.15, 0.2) is 17.3 Å². The molecule has 178 valence electrons. The molecule has 0 unspecified atom stereocenters. The smallest absolute Gasteiger partial charge is 0.223 e. The second-order valence-corrected chi connectivity index (χ2v) is 8.09. The fraction of sp³-hybridized carbons (Fsp3) is 0.462. The van der Waals surface area contributed by atoms with Gasteiger partial charge in [-0.05, 0) is 50.5 Å². The van der Waals surface area contributed by atoms with Crippen molar-refractivity contribution in [2.45, 2.75) is 45.3 Å². The first-order valence-electron chi connectivity index (χ1n) is 11.3. The quantitative estimate of drug-likeness (QED) is 0.351. The SMILES string of the molecule is COc1ccccc1CN(C[C@H]1CCCO1)C(=O)CCCOc1ccc(C(C)=O)cc1OC. The van der Waals surface area contributed by atoms with Crippen molar-refractivity contribution in [3.8, 4) is 17.2 Å². The van der Waals surface area contributed by atoms with E-state index in [2.05, 4.69) is 0 Å². The maximum Gasteiger partial charge on any atom is 0.223 e. The molecule has 1 saturated heterocycles. The number of ether oxygens (including phenoxy) is 4. The van der Waals surface area contributed by atoms with Crippen LogP contribution in [0.4, 0.5) is 0 Å². The van der Waals surface area contributed by atoms with Crippen LogP contribution in [0.15, 0.2) is 42.5 Å². The maximum absolute atomic E-state index is 13.1. The van der Waals surface area contributed by atoms with E-state index in [4.69, 9.17) is 18.9 Å². The Bertz CT molecular complexity index is 938. The van der Waals surface area contributed by atoms with Crippen LogP contribution in [0.2, 0.25) is 0 Å². The molecule has 0 spiro atoms. The van der Waals surface area contributed by atoms with E-state index in [9.17, 15) is 9.59 Å². The van der Waals surface area contributed by atoms with E-state index in [-0.39, 0.29) is 17.8 Å². The topological polar surface area (TPSA) is 74.3 Å². The molecule has 1 heterocycles. The molecule has 33 heavy (non-hydrogen) atoms. The first-order chi connectivity index (χ1) is 16.0. The molecule has 0 N–H and O–H groups in total. The van der Waals surface area contributed by atoms with Gasteiger partial charge in [0.1, 0.15) is 5.75 Å². The normalized spacial score (nSPS) is 15.2. The number of carbonyl (C=O) groups is 2. The number of nitrogens with zero attached hydrogens (tertiary/aromatic N) is 1. The van der Waals surface area contributed by atoms with Gasteiger partial charge in [0.25, 0.3) is 0 Å². The summed E-state index contributed by atoms with van der Waals surface area (Å²) in [5.41, 5.74) is 1.54. The number of methoxy groups -OCH3 is 2.